The van der Waals surface area contributed by atoms with Crippen LogP contribution in [0.15, 0.2) is 36.0 Å². The molecule has 0 saturated heterocycles. The molecule has 1 rings (SSSR count). The van der Waals surface area contributed by atoms with Crippen LogP contribution in [0, 0.1) is 0 Å². The molecule has 0 heterocycles. The molecule has 0 spiro atoms. The third-order valence-corrected chi connectivity index (χ3v) is 3.14. The van der Waals surface area contributed by atoms with Gasteiger partial charge < -0.3 is 19.7 Å². The highest BCUT2D eigenvalue weighted by molar-refractivity contribution is 5.98. The Hall–Kier alpha value is -2.50. The van der Waals surface area contributed by atoms with Crippen molar-refractivity contribution < 1.29 is 19.1 Å². The van der Waals surface area contributed by atoms with Crippen LogP contribution >= 0.6 is 0 Å². The zero-order valence-corrected chi connectivity index (χ0v) is 13.4. The molecule has 6 heteroatoms. The van der Waals surface area contributed by atoms with E-state index in [2.05, 4.69) is 33.5 Å². The number of nitrogens with zero attached hydrogens (tertiary/aromatic N) is 1. The summed E-state index contributed by atoms with van der Waals surface area (Å²) >= 11 is 0. The summed E-state index contributed by atoms with van der Waals surface area (Å²) in [6, 6.07) is 7.56. The van der Waals surface area contributed by atoms with Crippen molar-refractivity contribution in [1.29, 1.82) is 0 Å². The molecule has 0 saturated carbocycles. The number of anilines is 2. The van der Waals surface area contributed by atoms with Gasteiger partial charge in [0.1, 0.15) is 5.70 Å². The zero-order chi connectivity index (χ0) is 16.5. The molecule has 0 atom stereocenters. The fourth-order valence-corrected chi connectivity index (χ4v) is 1.93. The van der Waals surface area contributed by atoms with Gasteiger partial charge in [-0.1, -0.05) is 0 Å². The average Bonchev–Trinajstić information content (AvgIpc) is 2.55. The standard InChI is InChI=1S/C16H22N2O4/c1-5-18(6-2)13-9-7-12(8-10-13)17-14(16(20)22-4)11-15(19)21-3/h7-11,17H,5-6H2,1-4H3/b14-11+. The molecule has 0 bridgehead atoms. The Balaban J connectivity index is 2.92. The van der Waals surface area contributed by atoms with E-state index >= 15 is 0 Å². The van der Waals surface area contributed by atoms with Gasteiger partial charge in [0.25, 0.3) is 0 Å². The lowest BCUT2D eigenvalue weighted by Gasteiger charge is -2.21. The summed E-state index contributed by atoms with van der Waals surface area (Å²) in [6.45, 7) is 6.01. The summed E-state index contributed by atoms with van der Waals surface area (Å²) in [7, 11) is 2.49. The maximum atomic E-state index is 11.7. The highest BCUT2D eigenvalue weighted by Gasteiger charge is 2.13. The number of hydrogen-bond acceptors (Lipinski definition) is 6. The van der Waals surface area contributed by atoms with Crippen LogP contribution in [-0.4, -0.2) is 39.2 Å². The van der Waals surface area contributed by atoms with E-state index in [1.54, 1.807) is 0 Å². The van der Waals surface area contributed by atoms with E-state index in [-0.39, 0.29) is 5.70 Å². The van der Waals surface area contributed by atoms with E-state index in [0.717, 1.165) is 24.9 Å². The van der Waals surface area contributed by atoms with Gasteiger partial charge in [0, 0.05) is 24.5 Å². The highest BCUT2D eigenvalue weighted by atomic mass is 16.5. The van der Waals surface area contributed by atoms with Crippen LogP contribution in [0.25, 0.3) is 0 Å². The Bertz CT molecular complexity index is 534. The van der Waals surface area contributed by atoms with Crippen molar-refractivity contribution in [3.05, 3.63) is 36.0 Å². The number of carbonyl (C=O) groups excluding carboxylic acids is 2. The van der Waals surface area contributed by atoms with Gasteiger partial charge >= 0.3 is 11.9 Å². The molecule has 0 aliphatic heterocycles. The molecule has 0 aliphatic carbocycles. The van der Waals surface area contributed by atoms with E-state index < -0.39 is 11.9 Å². The number of esters is 2. The van der Waals surface area contributed by atoms with Crippen LogP contribution in [0.1, 0.15) is 13.8 Å². The molecule has 0 unspecified atom stereocenters. The minimum Gasteiger partial charge on any atom is -0.466 e. The molecule has 1 aromatic rings. The Kier molecular flexibility index (Phi) is 6.95. The third kappa shape index (κ3) is 4.80. The van der Waals surface area contributed by atoms with Crippen molar-refractivity contribution in [3.8, 4) is 0 Å². The molecule has 6 nitrogen and oxygen atoms in total. The molecular formula is C16H22N2O4. The van der Waals surface area contributed by atoms with Gasteiger partial charge in [-0.05, 0) is 38.1 Å². The third-order valence-electron chi connectivity index (χ3n) is 3.14. The molecule has 1 N–H and O–H groups in total. The van der Waals surface area contributed by atoms with Gasteiger partial charge in [-0.2, -0.15) is 0 Å². The summed E-state index contributed by atoms with van der Waals surface area (Å²) in [5.74, 6) is -1.27. The van der Waals surface area contributed by atoms with E-state index in [4.69, 9.17) is 0 Å². The lowest BCUT2D eigenvalue weighted by atomic mass is 10.2. The second-order valence-corrected chi connectivity index (χ2v) is 4.42. The van der Waals surface area contributed by atoms with E-state index in [1.165, 1.54) is 14.2 Å². The summed E-state index contributed by atoms with van der Waals surface area (Å²) in [4.78, 5) is 25.2. The fraction of sp³-hybridized carbons (Fsp3) is 0.375. The number of methoxy groups -OCH3 is 2. The number of carbonyl (C=O) groups is 2. The predicted molar refractivity (Wildman–Crippen MR) is 85.7 cm³/mol. The predicted octanol–water partition coefficient (Wildman–Crippen LogP) is 2.17. The smallest absolute Gasteiger partial charge is 0.354 e. The summed E-state index contributed by atoms with van der Waals surface area (Å²) in [6.07, 6.45) is 1.06. The SMILES string of the molecule is CCN(CC)c1ccc(N/C(=C/C(=O)OC)C(=O)OC)cc1. The van der Waals surface area contributed by atoms with Crippen molar-refractivity contribution in [2.45, 2.75) is 13.8 Å². The minimum atomic E-state index is -0.641. The van der Waals surface area contributed by atoms with Crippen LogP contribution in [0.3, 0.4) is 0 Å². The lowest BCUT2D eigenvalue weighted by molar-refractivity contribution is -0.138. The number of nitrogens with one attached hydrogen (secondary N) is 1. The number of rotatable bonds is 7. The van der Waals surface area contributed by atoms with Gasteiger partial charge in [-0.25, -0.2) is 9.59 Å². The Morgan fingerprint density at radius 2 is 1.68 bits per heavy atom. The van der Waals surface area contributed by atoms with Crippen LogP contribution in [0.5, 0.6) is 0 Å². The van der Waals surface area contributed by atoms with Crippen molar-refractivity contribution >= 4 is 23.3 Å². The molecule has 0 fully saturated rings. The maximum absolute atomic E-state index is 11.7. The van der Waals surface area contributed by atoms with Gasteiger partial charge in [0.05, 0.1) is 20.3 Å². The van der Waals surface area contributed by atoms with Crippen LogP contribution in [-0.2, 0) is 19.1 Å². The summed E-state index contributed by atoms with van der Waals surface area (Å²) in [5.41, 5.74) is 1.79. The molecule has 0 amide bonds. The molecule has 0 aliphatic rings. The summed E-state index contributed by atoms with van der Waals surface area (Å²) < 4.78 is 9.16. The Labute approximate surface area is 130 Å². The fourth-order valence-electron chi connectivity index (χ4n) is 1.93. The largest absolute Gasteiger partial charge is 0.466 e. The van der Waals surface area contributed by atoms with Crippen molar-refractivity contribution in [2.24, 2.45) is 0 Å². The Morgan fingerprint density at radius 1 is 1.09 bits per heavy atom. The summed E-state index contributed by atoms with van der Waals surface area (Å²) in [5, 5.41) is 2.86. The monoisotopic (exact) mass is 306 g/mol. The van der Waals surface area contributed by atoms with Gasteiger partial charge in [0.15, 0.2) is 0 Å². The number of hydrogen-bond donors (Lipinski definition) is 1. The van der Waals surface area contributed by atoms with Crippen LogP contribution in [0.4, 0.5) is 11.4 Å². The second kappa shape index (κ2) is 8.71. The van der Waals surface area contributed by atoms with Crippen molar-refractivity contribution in [3.63, 3.8) is 0 Å². The lowest BCUT2D eigenvalue weighted by Crippen LogP contribution is -2.21. The van der Waals surface area contributed by atoms with Gasteiger partial charge in [-0.15, -0.1) is 0 Å². The van der Waals surface area contributed by atoms with Crippen molar-refractivity contribution in [2.75, 3.05) is 37.5 Å². The first-order valence-electron chi connectivity index (χ1n) is 7.05. The number of benzene rings is 1. The molecular weight excluding hydrogens is 284 g/mol. The molecule has 1 aromatic carbocycles. The highest BCUT2D eigenvalue weighted by Crippen LogP contribution is 2.19. The molecule has 120 valence electrons. The van der Waals surface area contributed by atoms with Gasteiger partial charge in [0.2, 0.25) is 0 Å². The normalized spacial score (nSPS) is 10.8. The minimum absolute atomic E-state index is 0.0185. The first-order valence-corrected chi connectivity index (χ1v) is 7.05. The zero-order valence-electron chi connectivity index (χ0n) is 13.4. The van der Waals surface area contributed by atoms with Crippen LogP contribution in [0.2, 0.25) is 0 Å². The topological polar surface area (TPSA) is 67.9 Å². The van der Waals surface area contributed by atoms with E-state index in [1.807, 2.05) is 24.3 Å². The quantitative estimate of drug-likeness (QED) is 0.615. The van der Waals surface area contributed by atoms with Gasteiger partial charge in [-0.3, -0.25) is 0 Å². The first kappa shape index (κ1) is 17.6. The van der Waals surface area contributed by atoms with Crippen LogP contribution < -0.4 is 10.2 Å². The Morgan fingerprint density at radius 3 is 2.14 bits per heavy atom. The molecule has 0 radical (unpaired) electrons. The average molecular weight is 306 g/mol. The second-order valence-electron chi connectivity index (χ2n) is 4.42. The number of ether oxygens (including phenoxy) is 2. The molecule has 0 aromatic heterocycles. The van der Waals surface area contributed by atoms with E-state index in [0.29, 0.717) is 5.69 Å². The van der Waals surface area contributed by atoms with E-state index in [9.17, 15) is 9.59 Å². The maximum Gasteiger partial charge on any atom is 0.354 e. The first-order chi connectivity index (χ1) is 10.5. The van der Waals surface area contributed by atoms with Crippen molar-refractivity contribution in [1.82, 2.24) is 0 Å². The molecule has 22 heavy (non-hydrogen) atoms.